The fourth-order valence-corrected chi connectivity index (χ4v) is 7.04. The Morgan fingerprint density at radius 2 is 2.02 bits per heavy atom. The number of anilines is 1. The second-order valence-electron chi connectivity index (χ2n) is 10.3. The molecule has 10 nitrogen and oxygen atoms in total. The van der Waals surface area contributed by atoms with Crippen molar-refractivity contribution in [3.8, 4) is 5.75 Å². The maximum absolute atomic E-state index is 14.8. The van der Waals surface area contributed by atoms with Crippen molar-refractivity contribution < 1.29 is 52.3 Å². The van der Waals surface area contributed by atoms with Gasteiger partial charge in [0, 0.05) is 24.2 Å². The van der Waals surface area contributed by atoms with Gasteiger partial charge in [-0.3, -0.25) is 0 Å². The van der Waals surface area contributed by atoms with Crippen molar-refractivity contribution in [2.75, 3.05) is 63.9 Å². The number of alkyl halides is 1. The van der Waals surface area contributed by atoms with Crippen LogP contribution >= 0.6 is 0 Å². The molecular weight excluding hydrogens is 673 g/mol. The van der Waals surface area contributed by atoms with Crippen molar-refractivity contribution in [3.63, 3.8) is 0 Å². The monoisotopic (exact) mass is 712 g/mol. The number of methoxy groups -OCH3 is 1. The van der Waals surface area contributed by atoms with Gasteiger partial charge in [0.2, 0.25) is 5.82 Å². The third-order valence-electron chi connectivity index (χ3n) is 6.97. The third-order valence-corrected chi connectivity index (χ3v) is 10.2. The molecule has 2 aliphatic rings. The van der Waals surface area contributed by atoms with Crippen LogP contribution < -0.4 is 42.2 Å². The molecular formula is C30H39F2IN6O4. The van der Waals surface area contributed by atoms with Gasteiger partial charge in [-0.15, -0.1) is 0 Å². The summed E-state index contributed by atoms with van der Waals surface area (Å²) < 4.78 is 41.6. The van der Waals surface area contributed by atoms with Crippen LogP contribution in [0, 0.1) is 11.6 Å². The number of ether oxygens (including phenoxy) is 2. The Morgan fingerprint density at radius 1 is 1.21 bits per heavy atom. The van der Waals surface area contributed by atoms with Crippen molar-refractivity contribution in [2.24, 2.45) is 4.99 Å². The quantitative estimate of drug-likeness (QED) is 0.0938. The number of halogens is 3. The number of amides is 1. The number of nitrogens with one attached hydrogen (secondary N) is 3. The molecule has 0 bridgehead atoms. The maximum atomic E-state index is 14.8. The summed E-state index contributed by atoms with van der Waals surface area (Å²) in [4.78, 5) is 19.1. The van der Waals surface area contributed by atoms with E-state index in [4.69, 9.17) is 14.6 Å². The van der Waals surface area contributed by atoms with Crippen LogP contribution in [0.15, 0.2) is 53.9 Å². The van der Waals surface area contributed by atoms with Gasteiger partial charge >= 0.3 is 155 Å². The minimum atomic E-state index is -1.05. The molecule has 2 aliphatic heterocycles. The first-order valence-corrected chi connectivity index (χ1v) is 16.5. The fourth-order valence-electron chi connectivity index (χ4n) is 4.67. The van der Waals surface area contributed by atoms with Crippen molar-refractivity contribution in [3.05, 3.63) is 77.3 Å². The Morgan fingerprint density at radius 3 is 2.77 bits per heavy atom. The van der Waals surface area contributed by atoms with E-state index in [1.54, 1.807) is 29.6 Å². The molecule has 0 spiro atoms. The van der Waals surface area contributed by atoms with Gasteiger partial charge in [-0.05, 0) is 12.1 Å². The van der Waals surface area contributed by atoms with Crippen molar-refractivity contribution in [1.82, 2.24) is 15.5 Å². The number of fused-ring (bicyclic) bond motifs is 1. The van der Waals surface area contributed by atoms with Crippen molar-refractivity contribution in [2.45, 2.75) is 19.5 Å². The van der Waals surface area contributed by atoms with Crippen LogP contribution in [0.2, 0.25) is 0 Å². The van der Waals surface area contributed by atoms with E-state index in [1.807, 2.05) is 19.1 Å². The number of aliphatic imine (C=N–C) groups is 1. The summed E-state index contributed by atoms with van der Waals surface area (Å²) in [5.74, 6) is -1.81. The van der Waals surface area contributed by atoms with Gasteiger partial charge in [0.1, 0.15) is 5.84 Å². The van der Waals surface area contributed by atoms with E-state index < -0.39 is 17.8 Å². The Balaban J connectivity index is 1.31. The van der Waals surface area contributed by atoms with E-state index in [0.717, 1.165) is 24.9 Å². The summed E-state index contributed by atoms with van der Waals surface area (Å²) in [5, 5.41) is 18.6. The van der Waals surface area contributed by atoms with Crippen LogP contribution in [0.1, 0.15) is 28.4 Å². The molecule has 0 saturated carbocycles. The first-order chi connectivity index (χ1) is 20.7. The van der Waals surface area contributed by atoms with Gasteiger partial charge in [0.15, 0.2) is 17.7 Å². The van der Waals surface area contributed by atoms with Crippen molar-refractivity contribution in [1.29, 1.82) is 0 Å². The molecule has 1 unspecified atom stereocenters. The number of hydrogen-bond acceptors (Lipinski definition) is 8. The third kappa shape index (κ3) is 8.02. The van der Waals surface area contributed by atoms with Crippen LogP contribution in [0.3, 0.4) is 0 Å². The van der Waals surface area contributed by atoms with E-state index in [-0.39, 0.29) is 45.3 Å². The van der Waals surface area contributed by atoms with Crippen LogP contribution in [-0.4, -0.2) is 89.2 Å². The molecule has 234 valence electrons. The van der Waals surface area contributed by atoms with E-state index >= 15 is 0 Å². The summed E-state index contributed by atoms with van der Waals surface area (Å²) in [6, 6.07) is 8.37. The van der Waals surface area contributed by atoms with Gasteiger partial charge < -0.3 is 15.0 Å². The van der Waals surface area contributed by atoms with Gasteiger partial charge in [-0.1, -0.05) is 0 Å². The summed E-state index contributed by atoms with van der Waals surface area (Å²) in [5.41, 5.74) is 2.75. The molecule has 0 radical (unpaired) electrons. The van der Waals surface area contributed by atoms with E-state index in [1.165, 1.54) is 19.2 Å². The average molecular weight is 713 g/mol. The molecule has 1 amide bonds. The number of likely N-dealkylation sites (N-methyl/N-ethyl adjacent to an activating group) is 1. The van der Waals surface area contributed by atoms with Gasteiger partial charge in [0.05, 0.1) is 12.8 Å². The molecule has 13 heteroatoms. The van der Waals surface area contributed by atoms with E-state index in [0.29, 0.717) is 43.3 Å². The zero-order valence-electron chi connectivity index (χ0n) is 24.8. The number of quaternary nitrogens is 1. The predicted molar refractivity (Wildman–Crippen MR) is 158 cm³/mol. The van der Waals surface area contributed by atoms with Crippen molar-refractivity contribution >= 4 is 23.1 Å². The number of aryl methyl sites for hydroxylation is 1. The minimum absolute atomic E-state index is 0.0935. The summed E-state index contributed by atoms with van der Waals surface area (Å²) in [6.45, 7) is 4.42. The summed E-state index contributed by atoms with van der Waals surface area (Å²) >= 11 is -0.133. The number of hydrogen-bond donors (Lipinski definition) is 4. The Labute approximate surface area is 261 Å². The molecule has 4 N–H and O–H groups in total. The number of nitrogens with zero attached hydrogens (tertiary/aromatic N) is 3. The molecule has 0 fully saturated rings. The molecule has 2 aromatic carbocycles. The topological polar surface area (TPSA) is 107 Å². The van der Waals surface area contributed by atoms with E-state index in [9.17, 15) is 13.6 Å². The normalized spacial score (nSPS) is 16.0. The number of aliphatic hydroxyl groups excluding tert-OH is 1. The number of aliphatic hydroxyl groups is 1. The number of rotatable bonds is 14. The first kappa shape index (κ1) is 32.6. The van der Waals surface area contributed by atoms with Crippen LogP contribution in [0.4, 0.5) is 14.5 Å². The SMILES string of the molecule is CCc1cc(NC2=NC=CN3C(c4ccc(OC)c(F)c4F)=CNC23)ccc1C(=O)NCCOCC[I-][N+](C)(C)CCO. The number of amidine groups is 1. The molecule has 0 aliphatic carbocycles. The number of carbonyl (C=O) groups excluding carboxylic acids is 1. The molecule has 1 atom stereocenters. The molecule has 4 rings (SSSR count). The van der Waals surface area contributed by atoms with E-state index in [2.05, 4.69) is 35.0 Å². The summed E-state index contributed by atoms with van der Waals surface area (Å²) in [6.07, 6.45) is 5.08. The molecule has 2 aromatic rings. The zero-order chi connectivity index (χ0) is 31.0. The number of benzene rings is 2. The standard InChI is InChI=1S/C30H39F2IN6O4/c1-5-20-18-21(6-7-22(20)30(41)35-12-17-43-16-10-33-39(2,3)14-15-40)37-28-29-36-19-24(38(29)13-11-34-28)23-8-9-25(42-4)27(32)26(23)31/h6-9,11,13,18-19,29,36,40H,5,10,12,14-17H2,1-4H3,(H,34,37)(H,35,41). The average Bonchev–Trinajstić information content (AvgIpc) is 3.42. The zero-order valence-corrected chi connectivity index (χ0v) is 27.0. The van der Waals surface area contributed by atoms with Crippen LogP contribution in [-0.2, 0) is 11.2 Å². The summed E-state index contributed by atoms with van der Waals surface area (Å²) in [7, 11) is 5.54. The Hall–Kier alpha value is -3.27. The Bertz CT molecular complexity index is 1400. The van der Waals surface area contributed by atoms with Crippen LogP contribution in [0.25, 0.3) is 5.70 Å². The first-order valence-electron chi connectivity index (χ1n) is 14.0. The molecule has 2 heterocycles. The Kier molecular flexibility index (Phi) is 11.3. The fraction of sp³-hybridized carbons (Fsp3) is 0.400. The second-order valence-corrected chi connectivity index (χ2v) is 14.6. The number of carbonyl (C=O) groups is 1. The van der Waals surface area contributed by atoms with Crippen LogP contribution in [0.5, 0.6) is 5.75 Å². The molecule has 0 saturated heterocycles. The molecule has 43 heavy (non-hydrogen) atoms. The second kappa shape index (κ2) is 14.9. The van der Waals surface area contributed by atoms with Gasteiger partial charge in [0.25, 0.3) is 0 Å². The molecule has 0 aromatic heterocycles. The van der Waals surface area contributed by atoms with Gasteiger partial charge in [-0.2, -0.15) is 4.39 Å². The predicted octanol–water partition coefficient (Wildman–Crippen LogP) is -0.120. The van der Waals surface area contributed by atoms with Gasteiger partial charge in [-0.25, -0.2) is 9.38 Å².